The van der Waals surface area contributed by atoms with Crippen molar-refractivity contribution < 1.29 is 4.74 Å². The van der Waals surface area contributed by atoms with Gasteiger partial charge in [0.05, 0.1) is 5.02 Å². The van der Waals surface area contributed by atoms with E-state index in [0.717, 1.165) is 36.7 Å². The maximum absolute atomic E-state index is 6.26. The van der Waals surface area contributed by atoms with Crippen LogP contribution in [0.5, 0.6) is 5.75 Å². The van der Waals surface area contributed by atoms with E-state index in [-0.39, 0.29) is 0 Å². The molecule has 1 aromatic heterocycles. The summed E-state index contributed by atoms with van der Waals surface area (Å²) in [6, 6.07) is 5.85. The van der Waals surface area contributed by atoms with Crippen LogP contribution >= 0.6 is 11.6 Å². The molecule has 0 saturated carbocycles. The number of hydrogen-bond acceptors (Lipinski definition) is 4. The minimum absolute atomic E-state index is 0.352. The average molecular weight is 309 g/mol. The van der Waals surface area contributed by atoms with E-state index >= 15 is 0 Å². The van der Waals surface area contributed by atoms with E-state index in [0.29, 0.717) is 17.4 Å². The average Bonchev–Trinajstić information content (AvgIpc) is 2.78. The highest BCUT2D eigenvalue weighted by Crippen LogP contribution is 2.26. The number of rotatable bonds is 7. The van der Waals surface area contributed by atoms with Crippen LogP contribution in [0.4, 0.5) is 0 Å². The smallest absolute Gasteiger partial charge is 0.170 e. The van der Waals surface area contributed by atoms with Crippen LogP contribution in [-0.2, 0) is 20.2 Å². The highest BCUT2D eigenvalue weighted by molar-refractivity contribution is 6.32. The highest BCUT2D eigenvalue weighted by atomic mass is 35.5. The lowest BCUT2D eigenvalue weighted by molar-refractivity contribution is 0.291. The second kappa shape index (κ2) is 7.43. The second-order valence-electron chi connectivity index (χ2n) is 4.95. The SMILES string of the molecule is CCCNCc1ccc(OCc2nnc(C)n2C)c(Cl)c1. The number of halogens is 1. The molecule has 0 unspecified atom stereocenters. The van der Waals surface area contributed by atoms with E-state index in [4.69, 9.17) is 16.3 Å². The molecule has 0 aliphatic carbocycles. The fraction of sp³-hybridized carbons (Fsp3) is 0.467. The number of aromatic nitrogens is 3. The summed E-state index contributed by atoms with van der Waals surface area (Å²) in [6.45, 7) is 6.22. The van der Waals surface area contributed by atoms with Gasteiger partial charge in [0.2, 0.25) is 0 Å². The van der Waals surface area contributed by atoms with Gasteiger partial charge in [-0.25, -0.2) is 0 Å². The zero-order valence-electron chi connectivity index (χ0n) is 12.7. The first-order valence-electron chi connectivity index (χ1n) is 7.08. The Hall–Kier alpha value is -1.59. The van der Waals surface area contributed by atoms with Gasteiger partial charge in [0.1, 0.15) is 18.2 Å². The van der Waals surface area contributed by atoms with Crippen LogP contribution in [-0.4, -0.2) is 21.3 Å². The molecule has 6 heteroatoms. The zero-order valence-corrected chi connectivity index (χ0v) is 13.4. The lowest BCUT2D eigenvalue weighted by Crippen LogP contribution is -2.13. The van der Waals surface area contributed by atoms with Crippen LogP contribution in [0.1, 0.15) is 30.6 Å². The van der Waals surface area contributed by atoms with Crippen LogP contribution in [0.2, 0.25) is 5.02 Å². The van der Waals surface area contributed by atoms with E-state index in [1.54, 1.807) is 0 Å². The first-order valence-corrected chi connectivity index (χ1v) is 7.46. The fourth-order valence-electron chi connectivity index (χ4n) is 1.90. The fourth-order valence-corrected chi connectivity index (χ4v) is 2.16. The van der Waals surface area contributed by atoms with Gasteiger partial charge in [-0.1, -0.05) is 24.6 Å². The number of aryl methyl sites for hydroxylation is 1. The molecular weight excluding hydrogens is 288 g/mol. The minimum Gasteiger partial charge on any atom is -0.484 e. The van der Waals surface area contributed by atoms with Crippen molar-refractivity contribution in [1.82, 2.24) is 20.1 Å². The molecule has 1 heterocycles. The molecule has 0 saturated heterocycles. The Labute approximate surface area is 130 Å². The van der Waals surface area contributed by atoms with Crippen LogP contribution < -0.4 is 10.1 Å². The van der Waals surface area contributed by atoms with Crippen molar-refractivity contribution in [3.63, 3.8) is 0 Å². The molecular formula is C15H21ClN4O. The summed E-state index contributed by atoms with van der Waals surface area (Å²) >= 11 is 6.26. The maximum Gasteiger partial charge on any atom is 0.170 e. The van der Waals surface area contributed by atoms with E-state index in [2.05, 4.69) is 22.4 Å². The number of nitrogens with one attached hydrogen (secondary N) is 1. The predicted octanol–water partition coefficient (Wildman–Crippen LogP) is 2.86. The Balaban J connectivity index is 1.96. The predicted molar refractivity (Wildman–Crippen MR) is 83.5 cm³/mol. The molecule has 5 nitrogen and oxygen atoms in total. The molecule has 0 aliphatic rings. The van der Waals surface area contributed by atoms with Crippen LogP contribution in [0.15, 0.2) is 18.2 Å². The van der Waals surface area contributed by atoms with Gasteiger partial charge in [0.25, 0.3) is 0 Å². The molecule has 1 N–H and O–H groups in total. The summed E-state index contributed by atoms with van der Waals surface area (Å²) in [5.41, 5.74) is 1.15. The van der Waals surface area contributed by atoms with Crippen LogP contribution in [0.3, 0.4) is 0 Å². The number of hydrogen-bond donors (Lipinski definition) is 1. The van der Waals surface area contributed by atoms with Gasteiger partial charge < -0.3 is 14.6 Å². The molecule has 2 aromatic rings. The van der Waals surface area contributed by atoms with Gasteiger partial charge >= 0.3 is 0 Å². The number of nitrogens with zero attached hydrogens (tertiary/aromatic N) is 3. The molecule has 0 bridgehead atoms. The zero-order chi connectivity index (χ0) is 15.2. The Bertz CT molecular complexity index is 597. The molecule has 1 aromatic carbocycles. The van der Waals surface area contributed by atoms with Gasteiger partial charge in [0.15, 0.2) is 5.82 Å². The molecule has 0 aliphatic heterocycles. The van der Waals surface area contributed by atoms with Gasteiger partial charge in [-0.05, 0) is 37.6 Å². The number of benzene rings is 1. The summed E-state index contributed by atoms with van der Waals surface area (Å²) in [4.78, 5) is 0. The molecule has 0 fully saturated rings. The van der Waals surface area contributed by atoms with Crippen molar-refractivity contribution in [2.75, 3.05) is 6.54 Å². The monoisotopic (exact) mass is 308 g/mol. The van der Waals surface area contributed by atoms with Crippen molar-refractivity contribution in [3.8, 4) is 5.75 Å². The van der Waals surface area contributed by atoms with Gasteiger partial charge in [0, 0.05) is 13.6 Å². The summed E-state index contributed by atoms with van der Waals surface area (Å²) in [5.74, 6) is 2.30. The Morgan fingerprint density at radius 2 is 2.14 bits per heavy atom. The summed E-state index contributed by atoms with van der Waals surface area (Å²) in [7, 11) is 1.91. The lowest BCUT2D eigenvalue weighted by atomic mass is 10.2. The molecule has 21 heavy (non-hydrogen) atoms. The standard InChI is InChI=1S/C15H21ClN4O/c1-4-7-17-9-12-5-6-14(13(16)8-12)21-10-15-19-18-11(2)20(15)3/h5-6,8,17H,4,7,9-10H2,1-3H3. The van der Waals surface area contributed by atoms with Crippen molar-refractivity contribution in [2.24, 2.45) is 7.05 Å². The van der Waals surface area contributed by atoms with Crippen molar-refractivity contribution >= 4 is 11.6 Å². The van der Waals surface area contributed by atoms with E-state index < -0.39 is 0 Å². The summed E-state index contributed by atoms with van der Waals surface area (Å²) in [5, 5.41) is 12.0. The largest absolute Gasteiger partial charge is 0.484 e. The molecule has 0 radical (unpaired) electrons. The Kier molecular flexibility index (Phi) is 5.59. The molecule has 0 spiro atoms. The van der Waals surface area contributed by atoms with Crippen molar-refractivity contribution in [1.29, 1.82) is 0 Å². The third-order valence-electron chi connectivity index (χ3n) is 3.29. The first-order chi connectivity index (χ1) is 10.1. The molecule has 2 rings (SSSR count). The molecule has 0 amide bonds. The van der Waals surface area contributed by atoms with E-state index in [9.17, 15) is 0 Å². The lowest BCUT2D eigenvalue weighted by Gasteiger charge is -2.10. The number of ether oxygens (including phenoxy) is 1. The van der Waals surface area contributed by atoms with Crippen LogP contribution in [0, 0.1) is 6.92 Å². The topological polar surface area (TPSA) is 52.0 Å². The summed E-state index contributed by atoms with van der Waals surface area (Å²) < 4.78 is 7.62. The normalized spacial score (nSPS) is 10.9. The van der Waals surface area contributed by atoms with E-state index in [1.807, 2.05) is 36.7 Å². The second-order valence-corrected chi connectivity index (χ2v) is 5.36. The van der Waals surface area contributed by atoms with Crippen molar-refractivity contribution in [3.05, 3.63) is 40.4 Å². The van der Waals surface area contributed by atoms with Gasteiger partial charge in [-0.15, -0.1) is 10.2 Å². The minimum atomic E-state index is 0.352. The van der Waals surface area contributed by atoms with Gasteiger partial charge in [-0.3, -0.25) is 0 Å². The summed E-state index contributed by atoms with van der Waals surface area (Å²) in [6.07, 6.45) is 1.12. The Morgan fingerprint density at radius 3 is 2.76 bits per heavy atom. The third-order valence-corrected chi connectivity index (χ3v) is 3.59. The first kappa shape index (κ1) is 15.8. The Morgan fingerprint density at radius 1 is 1.33 bits per heavy atom. The quantitative estimate of drug-likeness (QED) is 0.799. The van der Waals surface area contributed by atoms with Crippen LogP contribution in [0.25, 0.3) is 0 Å². The maximum atomic E-state index is 6.26. The third kappa shape index (κ3) is 4.19. The molecule has 114 valence electrons. The highest BCUT2D eigenvalue weighted by Gasteiger charge is 2.08. The van der Waals surface area contributed by atoms with Gasteiger partial charge in [-0.2, -0.15) is 0 Å². The van der Waals surface area contributed by atoms with Crippen molar-refractivity contribution in [2.45, 2.75) is 33.4 Å². The molecule has 0 atom stereocenters. The van der Waals surface area contributed by atoms with E-state index in [1.165, 1.54) is 0 Å².